The summed E-state index contributed by atoms with van der Waals surface area (Å²) in [7, 11) is 0. The maximum absolute atomic E-state index is 10.1. The van der Waals surface area contributed by atoms with Crippen LogP contribution in [0, 0.1) is 11.3 Å². The van der Waals surface area contributed by atoms with Crippen molar-refractivity contribution < 1.29 is 6.85 Å². The SMILES string of the molecule is CC1(C)c2ccccc2-c2ccc(Nc3ccc4sc5cc(-c6cccc(N(c7ccccc7)c7ccccc7)c6)ccc5c4c3)cc21.[2H]c1c([2H])c([2H])c(N(c2ccccc2)c2ccc(C#N)c3sc4ccc(-c5cccc(Nc6ccccc6)c5)cc4c23)c([2H])c1[2H].c1ccc(Nc2cc(-c3cc4c5ccc(N(c6ccccc6)c6ccccc6)cc5sc4c4ccccc34)c3sc4ccccc4c3c2)cc1. The molecular formula is C128H89N7S4. The van der Waals surface area contributed by atoms with E-state index in [0.717, 1.165) is 99.5 Å². The second kappa shape index (κ2) is 36.7. The molecule has 1 aliphatic carbocycles. The summed E-state index contributed by atoms with van der Waals surface area (Å²) in [5.41, 5.74) is 27.3. The molecular weight excluding hydrogens is 1760 g/mol. The Hall–Kier alpha value is -17.0. The fraction of sp³-hybridized carbons (Fsp3) is 0.0234. The molecule has 660 valence electrons. The summed E-state index contributed by atoms with van der Waals surface area (Å²) in [6.45, 7) is 4.66. The highest BCUT2D eigenvalue weighted by molar-refractivity contribution is 7.27. The lowest BCUT2D eigenvalue weighted by molar-refractivity contribution is 0.660. The molecule has 4 heterocycles. The zero-order valence-electron chi connectivity index (χ0n) is 80.7. The highest BCUT2D eigenvalue weighted by Crippen LogP contribution is 2.54. The predicted octanol–water partition coefficient (Wildman–Crippen LogP) is 38.5. The quantitative estimate of drug-likeness (QED) is 0.0791. The number of benzene rings is 21. The van der Waals surface area contributed by atoms with Crippen molar-refractivity contribution in [2.75, 3.05) is 30.7 Å². The highest BCUT2D eigenvalue weighted by atomic mass is 32.1. The minimum atomic E-state index is -0.452. The van der Waals surface area contributed by atoms with E-state index in [1.807, 2.05) is 107 Å². The van der Waals surface area contributed by atoms with E-state index >= 15 is 0 Å². The van der Waals surface area contributed by atoms with Crippen molar-refractivity contribution in [2.45, 2.75) is 19.3 Å². The lowest BCUT2D eigenvalue weighted by Gasteiger charge is -2.26. The molecule has 4 aromatic heterocycles. The molecule has 21 aromatic carbocycles. The van der Waals surface area contributed by atoms with Gasteiger partial charge in [0.15, 0.2) is 0 Å². The first kappa shape index (κ1) is 79.4. The molecule has 3 N–H and O–H groups in total. The number of rotatable bonds is 18. The first-order valence-electron chi connectivity index (χ1n) is 49.0. The molecule has 25 aromatic rings. The van der Waals surface area contributed by atoms with Gasteiger partial charge in [0.05, 0.1) is 22.8 Å². The molecule has 0 fully saturated rings. The number of para-hydroxylation sites is 8. The molecule has 0 atom stereocenters. The van der Waals surface area contributed by atoms with Gasteiger partial charge in [0, 0.05) is 172 Å². The zero-order valence-corrected chi connectivity index (χ0v) is 79.0. The molecule has 0 amide bonds. The van der Waals surface area contributed by atoms with Gasteiger partial charge >= 0.3 is 0 Å². The van der Waals surface area contributed by atoms with E-state index in [1.54, 1.807) is 17.0 Å². The first-order valence-corrected chi connectivity index (χ1v) is 49.7. The monoisotopic (exact) mass is 1860 g/mol. The molecule has 1 aliphatic rings. The third kappa shape index (κ3) is 16.3. The number of fused-ring (bicyclic) bond motifs is 17. The average molecular weight is 1860 g/mol. The molecule has 0 radical (unpaired) electrons. The van der Waals surface area contributed by atoms with Gasteiger partial charge in [-0.25, -0.2) is 0 Å². The van der Waals surface area contributed by atoms with Crippen LogP contribution >= 0.6 is 45.3 Å². The van der Waals surface area contributed by atoms with Gasteiger partial charge in [-0.3, -0.25) is 0 Å². The number of thiophene rings is 4. The van der Waals surface area contributed by atoms with E-state index in [9.17, 15) is 5.26 Å². The Labute approximate surface area is 830 Å². The van der Waals surface area contributed by atoms with Crippen LogP contribution in [0.2, 0.25) is 0 Å². The number of nitrogens with one attached hydrogen (secondary N) is 3. The van der Waals surface area contributed by atoms with Crippen LogP contribution in [0.5, 0.6) is 0 Å². The predicted molar refractivity (Wildman–Crippen MR) is 600 cm³/mol. The van der Waals surface area contributed by atoms with Crippen molar-refractivity contribution in [3.05, 3.63) is 502 Å². The maximum atomic E-state index is 10.1. The Kier molecular flexibility index (Phi) is 21.0. The second-order valence-electron chi connectivity index (χ2n) is 35.2. The van der Waals surface area contributed by atoms with Crippen LogP contribution in [-0.2, 0) is 5.41 Å². The molecule has 11 heteroatoms. The van der Waals surface area contributed by atoms with Gasteiger partial charge in [0.1, 0.15) is 6.07 Å². The van der Waals surface area contributed by atoms with Crippen LogP contribution in [0.15, 0.2) is 485 Å². The van der Waals surface area contributed by atoms with Crippen LogP contribution in [-0.4, -0.2) is 0 Å². The van der Waals surface area contributed by atoms with Gasteiger partial charge in [0.2, 0.25) is 0 Å². The van der Waals surface area contributed by atoms with Crippen LogP contribution in [0.25, 0.3) is 136 Å². The molecule has 26 rings (SSSR count). The topological polar surface area (TPSA) is 69.6 Å². The van der Waals surface area contributed by atoms with Gasteiger partial charge in [-0.05, 0) is 274 Å². The van der Waals surface area contributed by atoms with Gasteiger partial charge in [0.25, 0.3) is 0 Å². The molecule has 7 nitrogen and oxygen atoms in total. The smallest absolute Gasteiger partial charge is 0.101 e. The second-order valence-corrected chi connectivity index (χ2v) is 39.5. The Morgan fingerprint density at radius 1 is 0.245 bits per heavy atom. The first-order chi connectivity index (χ1) is 70.7. The number of hydrogen-bond acceptors (Lipinski definition) is 11. The molecule has 0 saturated heterocycles. The summed E-state index contributed by atoms with van der Waals surface area (Å²) in [6, 6.07) is 160. The molecule has 0 bridgehead atoms. The molecule has 0 aliphatic heterocycles. The minimum absolute atomic E-state index is 0.0181. The fourth-order valence-corrected chi connectivity index (χ4v) is 24.6. The Morgan fingerprint density at radius 3 is 1.38 bits per heavy atom. The normalized spacial score (nSPS) is 12.4. The summed E-state index contributed by atoms with van der Waals surface area (Å²) in [6.07, 6.45) is 0. The molecule has 139 heavy (non-hydrogen) atoms. The van der Waals surface area contributed by atoms with Gasteiger partial charge < -0.3 is 30.7 Å². The number of nitrogens with zero attached hydrogens (tertiary/aromatic N) is 4. The summed E-state index contributed by atoms with van der Waals surface area (Å²) >= 11 is 7.14. The number of nitriles is 1. The van der Waals surface area contributed by atoms with Crippen molar-refractivity contribution in [3.63, 3.8) is 0 Å². The third-order valence-electron chi connectivity index (χ3n) is 26.3. The average Bonchev–Trinajstić information content (AvgIpc) is 1.52. The summed E-state index contributed by atoms with van der Waals surface area (Å²) < 4.78 is 52.3. The van der Waals surface area contributed by atoms with E-state index in [2.05, 4.69) is 416 Å². The highest BCUT2D eigenvalue weighted by Gasteiger charge is 2.36. The third-order valence-corrected chi connectivity index (χ3v) is 31.1. The van der Waals surface area contributed by atoms with Crippen molar-refractivity contribution in [3.8, 4) is 50.6 Å². The molecule has 0 spiro atoms. The van der Waals surface area contributed by atoms with E-state index < -0.39 is 18.1 Å². The minimum Gasteiger partial charge on any atom is -0.356 e. The zero-order chi connectivity index (χ0) is 97.2. The van der Waals surface area contributed by atoms with Crippen molar-refractivity contribution in [1.29, 1.82) is 5.26 Å². The standard InChI is InChI=1S/C46H30N2S2.C45H34N2S.C37H25N3S/c1-4-14-30(15-5-1)47-31-26-40-36-21-12-13-23-43(36)49-46(40)41(27-31)39-29-42-37-25-24-34(28-44(37)50-45(42)38-22-11-10-20-35(38)39)48(32-16-6-2-7-17-32)33-18-8-3-9-19-33;1-45(2)41-19-10-9-18-37(41)38-24-21-33(29-42(38)45)46-32-22-25-43-40(28-32)39-23-20-31(27-44(39)48-43)30-12-11-17-36(26-30)47(34-13-5-3-6-14-34)35-15-7-4-8-16-35;38-25-28-19-21-34(40(31-15-6-2-7-16-31)32-17-8-3-9-18-32)36-33-24-27(20-22-35(33)41-37(28)36)26-11-10-14-30(23-26)39-29-12-4-1-5-13-29/h1-29,47H;3-29,46H,1-2H3;1-24,39H/i;;2D,6D,7D,15D,16D. The summed E-state index contributed by atoms with van der Waals surface area (Å²) in [5.74, 6) is 0. The number of anilines is 15. The van der Waals surface area contributed by atoms with Gasteiger partial charge in [-0.15, -0.1) is 45.3 Å². The van der Waals surface area contributed by atoms with E-state index in [1.165, 1.54) is 127 Å². The van der Waals surface area contributed by atoms with Crippen LogP contribution in [0.1, 0.15) is 37.4 Å². The van der Waals surface area contributed by atoms with Gasteiger partial charge in [-0.2, -0.15) is 5.26 Å². The fourth-order valence-electron chi connectivity index (χ4n) is 19.8. The van der Waals surface area contributed by atoms with Crippen molar-refractivity contribution in [2.24, 2.45) is 0 Å². The summed E-state index contributed by atoms with van der Waals surface area (Å²) in [5, 5.41) is 33.0. The Balaban J connectivity index is 0.000000116. The van der Waals surface area contributed by atoms with E-state index in [-0.39, 0.29) is 23.2 Å². The summed E-state index contributed by atoms with van der Waals surface area (Å²) in [4.78, 5) is 6.38. The lowest BCUT2D eigenvalue weighted by atomic mass is 9.82. The number of hydrogen-bond donors (Lipinski definition) is 3. The van der Waals surface area contributed by atoms with Crippen molar-refractivity contribution >= 4 is 222 Å². The van der Waals surface area contributed by atoms with Crippen molar-refractivity contribution in [1.82, 2.24) is 0 Å². The molecule has 0 unspecified atom stereocenters. The Bertz CT molecular complexity index is 9210. The van der Waals surface area contributed by atoms with Crippen LogP contribution < -0.4 is 30.7 Å². The van der Waals surface area contributed by atoms with E-state index in [0.29, 0.717) is 16.9 Å². The lowest BCUT2D eigenvalue weighted by Crippen LogP contribution is -2.15. The molecule has 0 saturated carbocycles. The van der Waals surface area contributed by atoms with E-state index in [4.69, 9.17) is 6.85 Å². The van der Waals surface area contributed by atoms with Gasteiger partial charge in [-0.1, -0.05) is 281 Å². The largest absolute Gasteiger partial charge is 0.356 e. The Morgan fingerprint density at radius 2 is 0.698 bits per heavy atom. The van der Waals surface area contributed by atoms with Crippen LogP contribution in [0.3, 0.4) is 0 Å². The maximum Gasteiger partial charge on any atom is 0.101 e. The van der Waals surface area contributed by atoms with Crippen LogP contribution in [0.4, 0.5) is 85.3 Å².